The van der Waals surface area contributed by atoms with Crippen molar-refractivity contribution in [2.24, 2.45) is 5.92 Å². The van der Waals surface area contributed by atoms with Gasteiger partial charge >= 0.3 is 0 Å². The Bertz CT molecular complexity index is 332. The molecule has 15 heavy (non-hydrogen) atoms. The number of carbonyl (C=O) groups is 1. The zero-order valence-electron chi connectivity index (χ0n) is 8.84. The second-order valence-electron chi connectivity index (χ2n) is 3.86. The van der Waals surface area contributed by atoms with Crippen molar-refractivity contribution in [1.29, 1.82) is 0 Å². The number of ketones is 1. The Hall–Kier alpha value is -0.340. The molecule has 1 rings (SSSR count). The van der Waals surface area contributed by atoms with Crippen molar-refractivity contribution in [2.75, 3.05) is 0 Å². The van der Waals surface area contributed by atoms with Crippen LogP contribution in [0.5, 0.6) is 0 Å². The third-order valence-electron chi connectivity index (χ3n) is 2.21. The van der Waals surface area contributed by atoms with Gasteiger partial charge in [-0.15, -0.1) is 0 Å². The molecule has 0 amide bonds. The lowest BCUT2D eigenvalue weighted by Crippen LogP contribution is -2.21. The van der Waals surface area contributed by atoms with E-state index in [4.69, 9.17) is 11.6 Å². The van der Waals surface area contributed by atoms with Gasteiger partial charge in [0, 0.05) is 10.9 Å². The Morgan fingerprint density at radius 1 is 1.33 bits per heavy atom. The summed E-state index contributed by atoms with van der Waals surface area (Å²) in [5, 5.41) is 0.722. The lowest BCUT2D eigenvalue weighted by molar-refractivity contribution is -0.121. The summed E-state index contributed by atoms with van der Waals surface area (Å²) in [5.74, 6) is 0.312. The van der Waals surface area contributed by atoms with Gasteiger partial charge in [0.15, 0.2) is 0 Å². The number of Topliss-reactive ketones (excluding diaryl/α,β-unsaturated/α-hetero) is 1. The molecule has 0 aliphatic heterocycles. The summed E-state index contributed by atoms with van der Waals surface area (Å²) in [5.41, 5.74) is 1.12. The van der Waals surface area contributed by atoms with E-state index in [0.29, 0.717) is 6.42 Å². The summed E-state index contributed by atoms with van der Waals surface area (Å²) in [6, 6.07) is 7.58. The molecule has 0 aliphatic rings. The smallest absolute Gasteiger partial charge is 0.149 e. The lowest BCUT2D eigenvalue weighted by atomic mass is 10.0. The molecule has 0 aliphatic carbocycles. The SMILES string of the molecule is CC(C)C(=O)C(Br)Cc1ccc(Cl)cc1. The van der Waals surface area contributed by atoms with Crippen LogP contribution >= 0.6 is 27.5 Å². The zero-order valence-corrected chi connectivity index (χ0v) is 11.2. The Morgan fingerprint density at radius 2 is 1.87 bits per heavy atom. The van der Waals surface area contributed by atoms with Gasteiger partial charge in [-0.1, -0.05) is 53.5 Å². The maximum atomic E-state index is 11.6. The number of hydrogen-bond donors (Lipinski definition) is 0. The third kappa shape index (κ3) is 3.96. The first-order valence-corrected chi connectivity index (χ1v) is 6.22. The minimum Gasteiger partial charge on any atom is -0.298 e. The van der Waals surface area contributed by atoms with Crippen molar-refractivity contribution in [3.8, 4) is 0 Å². The second kappa shape index (κ2) is 5.66. The number of halogens is 2. The fourth-order valence-electron chi connectivity index (χ4n) is 1.29. The van der Waals surface area contributed by atoms with Crippen LogP contribution in [0.4, 0.5) is 0 Å². The monoisotopic (exact) mass is 288 g/mol. The fourth-order valence-corrected chi connectivity index (χ4v) is 2.32. The largest absolute Gasteiger partial charge is 0.298 e. The van der Waals surface area contributed by atoms with Gasteiger partial charge in [0.2, 0.25) is 0 Å². The molecule has 1 unspecified atom stereocenters. The molecule has 1 nitrogen and oxygen atoms in total. The van der Waals surface area contributed by atoms with Crippen molar-refractivity contribution in [2.45, 2.75) is 25.1 Å². The highest BCUT2D eigenvalue weighted by Crippen LogP contribution is 2.16. The fraction of sp³-hybridized carbons (Fsp3) is 0.417. The summed E-state index contributed by atoms with van der Waals surface area (Å²) < 4.78 is 0. The standard InChI is InChI=1S/C12H14BrClO/c1-8(2)12(15)11(13)7-9-3-5-10(14)6-4-9/h3-6,8,11H,7H2,1-2H3. The molecule has 82 valence electrons. The van der Waals surface area contributed by atoms with Crippen molar-refractivity contribution in [1.82, 2.24) is 0 Å². The highest BCUT2D eigenvalue weighted by molar-refractivity contribution is 9.10. The lowest BCUT2D eigenvalue weighted by Gasteiger charge is -2.11. The zero-order chi connectivity index (χ0) is 11.4. The van der Waals surface area contributed by atoms with Gasteiger partial charge in [-0.3, -0.25) is 4.79 Å². The molecular formula is C12H14BrClO. The van der Waals surface area contributed by atoms with Crippen LogP contribution in [0.3, 0.4) is 0 Å². The summed E-state index contributed by atoms with van der Waals surface area (Å²) >= 11 is 9.20. The highest BCUT2D eigenvalue weighted by Gasteiger charge is 2.18. The molecule has 1 atom stereocenters. The molecule has 0 bridgehead atoms. The van der Waals surface area contributed by atoms with E-state index in [1.807, 2.05) is 38.1 Å². The molecule has 0 heterocycles. The summed E-state index contributed by atoms with van der Waals surface area (Å²) in [6.45, 7) is 3.83. The third-order valence-corrected chi connectivity index (χ3v) is 3.23. The number of rotatable bonds is 4. The van der Waals surface area contributed by atoms with Crippen LogP contribution < -0.4 is 0 Å². The number of hydrogen-bond acceptors (Lipinski definition) is 1. The van der Waals surface area contributed by atoms with E-state index in [9.17, 15) is 4.79 Å². The van der Waals surface area contributed by atoms with Crippen LogP contribution in [0.25, 0.3) is 0 Å². The van der Waals surface area contributed by atoms with Crippen LogP contribution in [0.2, 0.25) is 5.02 Å². The Morgan fingerprint density at radius 3 is 2.33 bits per heavy atom. The van der Waals surface area contributed by atoms with Crippen molar-refractivity contribution < 1.29 is 4.79 Å². The average molecular weight is 290 g/mol. The first-order valence-electron chi connectivity index (χ1n) is 4.93. The predicted octanol–water partition coefficient (Wildman–Crippen LogP) is 3.87. The number of carbonyl (C=O) groups excluding carboxylic acids is 1. The molecule has 3 heteroatoms. The Labute approximate surface area is 104 Å². The number of alkyl halides is 1. The van der Waals surface area contributed by atoms with E-state index in [0.717, 1.165) is 10.6 Å². The second-order valence-corrected chi connectivity index (χ2v) is 5.40. The van der Waals surface area contributed by atoms with Gasteiger partial charge in [0.25, 0.3) is 0 Å². The van der Waals surface area contributed by atoms with Crippen LogP contribution in [-0.2, 0) is 11.2 Å². The van der Waals surface area contributed by atoms with Crippen LogP contribution in [0.15, 0.2) is 24.3 Å². The van der Waals surface area contributed by atoms with Crippen molar-refractivity contribution in [3.05, 3.63) is 34.9 Å². The van der Waals surface area contributed by atoms with Gasteiger partial charge in [0.1, 0.15) is 5.78 Å². The normalized spacial score (nSPS) is 12.9. The van der Waals surface area contributed by atoms with Crippen molar-refractivity contribution >= 4 is 33.3 Å². The van der Waals surface area contributed by atoms with Crippen LogP contribution in [0, 0.1) is 5.92 Å². The number of benzene rings is 1. The molecule has 0 saturated heterocycles. The molecule has 0 spiro atoms. The van der Waals surface area contributed by atoms with Gasteiger partial charge in [-0.25, -0.2) is 0 Å². The summed E-state index contributed by atoms with van der Waals surface area (Å²) in [4.78, 5) is 11.5. The first kappa shape index (κ1) is 12.7. The maximum Gasteiger partial charge on any atom is 0.149 e. The van der Waals surface area contributed by atoms with Gasteiger partial charge < -0.3 is 0 Å². The predicted molar refractivity (Wildman–Crippen MR) is 67.7 cm³/mol. The van der Waals surface area contributed by atoms with Crippen LogP contribution in [0.1, 0.15) is 19.4 Å². The van der Waals surface area contributed by atoms with E-state index in [1.165, 1.54) is 0 Å². The summed E-state index contributed by atoms with van der Waals surface area (Å²) in [6.07, 6.45) is 0.716. The highest BCUT2D eigenvalue weighted by atomic mass is 79.9. The minimum absolute atomic E-state index is 0.0710. The average Bonchev–Trinajstić information content (AvgIpc) is 2.20. The molecule has 0 aromatic heterocycles. The molecule has 0 N–H and O–H groups in total. The Kier molecular flexibility index (Phi) is 4.81. The molecule has 0 radical (unpaired) electrons. The topological polar surface area (TPSA) is 17.1 Å². The van der Waals surface area contributed by atoms with E-state index in [1.54, 1.807) is 0 Å². The van der Waals surface area contributed by atoms with E-state index >= 15 is 0 Å². The molecule has 1 aromatic carbocycles. The van der Waals surface area contributed by atoms with Gasteiger partial charge in [-0.2, -0.15) is 0 Å². The summed E-state index contributed by atoms with van der Waals surface area (Å²) in [7, 11) is 0. The molecule has 1 aromatic rings. The van der Waals surface area contributed by atoms with Crippen molar-refractivity contribution in [3.63, 3.8) is 0 Å². The minimum atomic E-state index is -0.0984. The first-order chi connectivity index (χ1) is 7.00. The molecule has 0 saturated carbocycles. The molecular weight excluding hydrogens is 275 g/mol. The van der Waals surface area contributed by atoms with Crippen LogP contribution in [-0.4, -0.2) is 10.6 Å². The van der Waals surface area contributed by atoms with E-state index < -0.39 is 0 Å². The maximum absolute atomic E-state index is 11.6. The van der Waals surface area contributed by atoms with E-state index in [-0.39, 0.29) is 16.5 Å². The Balaban J connectivity index is 2.62. The van der Waals surface area contributed by atoms with Gasteiger partial charge in [-0.05, 0) is 24.1 Å². The van der Waals surface area contributed by atoms with Gasteiger partial charge in [0.05, 0.1) is 4.83 Å². The quantitative estimate of drug-likeness (QED) is 0.769. The molecule has 0 fully saturated rings. The van der Waals surface area contributed by atoms with E-state index in [2.05, 4.69) is 15.9 Å².